The minimum absolute atomic E-state index is 0. The minimum atomic E-state index is -0.125. The lowest BCUT2D eigenvalue weighted by Crippen LogP contribution is -2.14. The largest absolute Gasteiger partial charge is 0.382 e. The second kappa shape index (κ2) is 20.1. The van der Waals surface area contributed by atoms with Crippen LogP contribution in [0.3, 0.4) is 0 Å². The lowest BCUT2D eigenvalue weighted by Gasteiger charge is -2.22. The standard InChI is InChI=1S/C11H16.C6H14O3.C2H6.2CH4/c1-4-11(2,3)10-8-6-5-7-9-10;1-6(8-3)9-5-4-7-2;1-2;;/h5-9H,4H2,1-3H3;6H,4-5H2,1-3H3;1-2H3;2*1H4. The summed E-state index contributed by atoms with van der Waals surface area (Å²) in [5.74, 6) is 0. The van der Waals surface area contributed by atoms with Crippen LogP contribution in [0.1, 0.15) is 68.4 Å². The molecular formula is C21H44O3. The van der Waals surface area contributed by atoms with Crippen LogP contribution in [-0.2, 0) is 19.6 Å². The number of rotatable bonds is 7. The van der Waals surface area contributed by atoms with Gasteiger partial charge in [0.15, 0.2) is 6.29 Å². The maximum absolute atomic E-state index is 5.08. The molecule has 146 valence electrons. The van der Waals surface area contributed by atoms with Gasteiger partial charge in [-0.15, -0.1) is 0 Å². The summed E-state index contributed by atoms with van der Waals surface area (Å²) in [6.45, 7) is 13.8. The molecule has 0 aliphatic heterocycles. The van der Waals surface area contributed by atoms with Crippen LogP contribution in [0, 0.1) is 0 Å². The van der Waals surface area contributed by atoms with Gasteiger partial charge in [0, 0.05) is 14.2 Å². The Labute approximate surface area is 152 Å². The molecule has 1 rings (SSSR count). The molecule has 1 aromatic rings. The monoisotopic (exact) mass is 344 g/mol. The molecule has 0 saturated carbocycles. The number of hydrogen-bond donors (Lipinski definition) is 0. The smallest absolute Gasteiger partial charge is 0.154 e. The van der Waals surface area contributed by atoms with E-state index in [2.05, 4.69) is 51.1 Å². The van der Waals surface area contributed by atoms with Crippen LogP contribution in [0.4, 0.5) is 0 Å². The molecule has 0 amide bonds. The fourth-order valence-electron chi connectivity index (χ4n) is 1.46. The Hall–Kier alpha value is -0.900. The number of benzene rings is 1. The SMILES string of the molecule is C.C.CC.CCC(C)(C)c1ccccc1.COCCOC(C)OC. The van der Waals surface area contributed by atoms with Crippen LogP contribution in [0.25, 0.3) is 0 Å². The van der Waals surface area contributed by atoms with E-state index >= 15 is 0 Å². The molecule has 1 aromatic carbocycles. The van der Waals surface area contributed by atoms with Crippen molar-refractivity contribution in [2.45, 2.75) is 74.5 Å². The molecule has 0 fully saturated rings. The molecule has 0 aliphatic rings. The third-order valence-corrected chi connectivity index (χ3v) is 3.41. The van der Waals surface area contributed by atoms with E-state index in [9.17, 15) is 0 Å². The van der Waals surface area contributed by atoms with Crippen molar-refractivity contribution in [1.29, 1.82) is 0 Å². The van der Waals surface area contributed by atoms with Gasteiger partial charge in [0.05, 0.1) is 13.2 Å². The van der Waals surface area contributed by atoms with Crippen molar-refractivity contribution < 1.29 is 14.2 Å². The van der Waals surface area contributed by atoms with Gasteiger partial charge in [-0.25, -0.2) is 0 Å². The summed E-state index contributed by atoms with van der Waals surface area (Å²) in [6.07, 6.45) is 1.07. The highest BCUT2D eigenvalue weighted by atomic mass is 16.7. The highest BCUT2D eigenvalue weighted by molar-refractivity contribution is 5.22. The van der Waals surface area contributed by atoms with Crippen molar-refractivity contribution in [2.75, 3.05) is 27.4 Å². The first kappa shape index (κ1) is 30.9. The van der Waals surface area contributed by atoms with Gasteiger partial charge in [0.1, 0.15) is 0 Å². The Kier molecular flexibility index (Phi) is 26.0. The Bertz CT molecular complexity index is 323. The second-order valence-corrected chi connectivity index (χ2v) is 5.27. The molecular weight excluding hydrogens is 300 g/mol. The van der Waals surface area contributed by atoms with Gasteiger partial charge in [-0.2, -0.15) is 0 Å². The van der Waals surface area contributed by atoms with Gasteiger partial charge in [-0.3, -0.25) is 0 Å². The zero-order valence-corrected chi connectivity index (χ0v) is 15.8. The first-order chi connectivity index (χ1) is 10.5. The summed E-state index contributed by atoms with van der Waals surface area (Å²) in [7, 11) is 3.25. The quantitative estimate of drug-likeness (QED) is 0.428. The zero-order chi connectivity index (χ0) is 17.4. The average molecular weight is 345 g/mol. The first-order valence-electron chi connectivity index (χ1n) is 8.16. The van der Waals surface area contributed by atoms with E-state index in [4.69, 9.17) is 14.2 Å². The summed E-state index contributed by atoms with van der Waals surface area (Å²) in [6, 6.07) is 10.7. The number of ether oxygens (including phenoxy) is 3. The van der Waals surface area contributed by atoms with Crippen LogP contribution < -0.4 is 0 Å². The molecule has 0 aliphatic carbocycles. The van der Waals surface area contributed by atoms with Crippen molar-refractivity contribution in [3.8, 4) is 0 Å². The lowest BCUT2D eigenvalue weighted by molar-refractivity contribution is -0.119. The van der Waals surface area contributed by atoms with E-state index in [1.807, 2.05) is 20.8 Å². The fourth-order valence-corrected chi connectivity index (χ4v) is 1.46. The van der Waals surface area contributed by atoms with Crippen LogP contribution in [0.2, 0.25) is 0 Å². The van der Waals surface area contributed by atoms with Gasteiger partial charge < -0.3 is 14.2 Å². The predicted octanol–water partition coefficient (Wildman–Crippen LogP) is 6.31. The van der Waals surface area contributed by atoms with Crippen molar-refractivity contribution in [1.82, 2.24) is 0 Å². The van der Waals surface area contributed by atoms with Gasteiger partial charge in [0.2, 0.25) is 0 Å². The van der Waals surface area contributed by atoms with E-state index in [-0.39, 0.29) is 21.1 Å². The van der Waals surface area contributed by atoms with Crippen LogP contribution in [-0.4, -0.2) is 33.7 Å². The highest BCUT2D eigenvalue weighted by Gasteiger charge is 2.16. The van der Waals surface area contributed by atoms with E-state index in [0.717, 1.165) is 0 Å². The fraction of sp³-hybridized carbons (Fsp3) is 0.714. The molecule has 24 heavy (non-hydrogen) atoms. The molecule has 3 heteroatoms. The van der Waals surface area contributed by atoms with E-state index in [1.54, 1.807) is 14.2 Å². The van der Waals surface area contributed by atoms with Gasteiger partial charge in [-0.05, 0) is 24.3 Å². The Balaban J connectivity index is -0.000000142. The van der Waals surface area contributed by atoms with Crippen molar-refractivity contribution in [3.63, 3.8) is 0 Å². The molecule has 0 N–H and O–H groups in total. The molecule has 0 spiro atoms. The third kappa shape index (κ3) is 16.0. The highest BCUT2D eigenvalue weighted by Crippen LogP contribution is 2.25. The molecule has 0 heterocycles. The van der Waals surface area contributed by atoms with Crippen molar-refractivity contribution >= 4 is 0 Å². The Morgan fingerprint density at radius 1 is 0.958 bits per heavy atom. The summed E-state index contributed by atoms with van der Waals surface area (Å²) in [5, 5.41) is 0. The van der Waals surface area contributed by atoms with E-state index < -0.39 is 0 Å². The summed E-state index contributed by atoms with van der Waals surface area (Å²) >= 11 is 0. The Morgan fingerprint density at radius 2 is 1.46 bits per heavy atom. The summed E-state index contributed by atoms with van der Waals surface area (Å²) in [4.78, 5) is 0. The number of methoxy groups -OCH3 is 2. The average Bonchev–Trinajstić information content (AvgIpc) is 2.58. The van der Waals surface area contributed by atoms with Crippen LogP contribution in [0.5, 0.6) is 0 Å². The molecule has 0 saturated heterocycles. The van der Waals surface area contributed by atoms with Gasteiger partial charge in [-0.1, -0.05) is 79.8 Å². The molecule has 0 bridgehead atoms. The maximum atomic E-state index is 5.08. The zero-order valence-electron chi connectivity index (χ0n) is 15.8. The second-order valence-electron chi connectivity index (χ2n) is 5.27. The van der Waals surface area contributed by atoms with E-state index in [0.29, 0.717) is 18.6 Å². The molecule has 1 unspecified atom stereocenters. The summed E-state index contributed by atoms with van der Waals surface area (Å²) in [5.41, 5.74) is 1.77. The van der Waals surface area contributed by atoms with Crippen molar-refractivity contribution in [2.24, 2.45) is 0 Å². The maximum Gasteiger partial charge on any atom is 0.154 e. The Morgan fingerprint density at radius 3 is 1.83 bits per heavy atom. The molecule has 1 atom stereocenters. The molecule has 0 aromatic heterocycles. The van der Waals surface area contributed by atoms with Gasteiger partial charge in [0.25, 0.3) is 0 Å². The lowest BCUT2D eigenvalue weighted by atomic mass is 9.82. The van der Waals surface area contributed by atoms with E-state index in [1.165, 1.54) is 12.0 Å². The molecule has 3 nitrogen and oxygen atoms in total. The van der Waals surface area contributed by atoms with Crippen LogP contribution >= 0.6 is 0 Å². The van der Waals surface area contributed by atoms with Crippen molar-refractivity contribution in [3.05, 3.63) is 35.9 Å². The molecule has 0 radical (unpaired) electrons. The minimum Gasteiger partial charge on any atom is -0.382 e. The topological polar surface area (TPSA) is 27.7 Å². The van der Waals surface area contributed by atoms with Crippen LogP contribution in [0.15, 0.2) is 30.3 Å². The normalized spacial score (nSPS) is 10.7. The number of hydrogen-bond acceptors (Lipinski definition) is 3. The van der Waals surface area contributed by atoms with Gasteiger partial charge >= 0.3 is 0 Å². The third-order valence-electron chi connectivity index (χ3n) is 3.41. The predicted molar refractivity (Wildman–Crippen MR) is 109 cm³/mol. The first-order valence-corrected chi connectivity index (χ1v) is 8.16. The summed E-state index contributed by atoms with van der Waals surface area (Å²) < 4.78 is 14.7.